The molecule has 0 aliphatic heterocycles. The van der Waals surface area contributed by atoms with Crippen molar-refractivity contribution in [2.24, 2.45) is 0 Å². The molecule has 0 unspecified atom stereocenters. The third kappa shape index (κ3) is 1.60. The molecule has 2 rings (SSSR count). The van der Waals surface area contributed by atoms with Gasteiger partial charge in [0.15, 0.2) is 0 Å². The van der Waals surface area contributed by atoms with E-state index < -0.39 is 0 Å². The molecule has 0 N–H and O–H groups in total. The Bertz CT molecular complexity index is 566. The zero-order chi connectivity index (χ0) is 11.0. The number of thioether (sulfide) groups is 1. The maximum atomic E-state index is 8.99. The number of hydrogen-bond acceptors (Lipinski definition) is 5. The van der Waals surface area contributed by atoms with Crippen LogP contribution in [0.5, 0.6) is 0 Å². The molecule has 0 aliphatic rings. The van der Waals surface area contributed by atoms with E-state index in [1.165, 1.54) is 11.3 Å². The summed E-state index contributed by atoms with van der Waals surface area (Å²) in [5.41, 5.74) is 3.44. The van der Waals surface area contributed by atoms with Crippen molar-refractivity contribution >= 4 is 34.1 Å². The number of nitrogens with zero attached hydrogens (tertiary/aromatic N) is 3. The smallest absolute Gasteiger partial charge is 0.133 e. The van der Waals surface area contributed by atoms with Crippen molar-refractivity contribution in [3.05, 3.63) is 16.3 Å². The summed E-state index contributed by atoms with van der Waals surface area (Å²) in [6, 6.07) is 2.17. The van der Waals surface area contributed by atoms with Gasteiger partial charge >= 0.3 is 0 Å². The molecule has 15 heavy (non-hydrogen) atoms. The summed E-state index contributed by atoms with van der Waals surface area (Å²) in [5.74, 6) is 0. The Kier molecular flexibility index (Phi) is 2.63. The average Bonchev–Trinajstić information content (AvgIpc) is 2.56. The third-order valence-corrected chi connectivity index (χ3v) is 4.38. The van der Waals surface area contributed by atoms with Crippen LogP contribution >= 0.6 is 23.1 Å². The second-order valence-electron chi connectivity index (χ2n) is 3.13. The van der Waals surface area contributed by atoms with Gasteiger partial charge in [-0.1, -0.05) is 0 Å². The van der Waals surface area contributed by atoms with Gasteiger partial charge < -0.3 is 0 Å². The molecule has 76 valence electrons. The molecule has 2 aromatic rings. The highest BCUT2D eigenvalue weighted by molar-refractivity contribution is 8.00. The van der Waals surface area contributed by atoms with Crippen LogP contribution in [0, 0.1) is 25.2 Å². The molecule has 0 radical (unpaired) electrons. The molecular formula is C10H9N3S2. The van der Waals surface area contributed by atoms with Gasteiger partial charge in [-0.2, -0.15) is 5.26 Å². The molecule has 0 saturated heterocycles. The van der Waals surface area contributed by atoms with Crippen LogP contribution in [0.2, 0.25) is 0 Å². The number of fused-ring (bicyclic) bond motifs is 1. The summed E-state index contributed by atoms with van der Waals surface area (Å²) >= 11 is 3.08. The Labute approximate surface area is 96.2 Å². The highest BCUT2D eigenvalue weighted by Gasteiger charge is 2.14. The summed E-state index contributed by atoms with van der Waals surface area (Å²) in [6.45, 7) is 3.86. The van der Waals surface area contributed by atoms with Crippen molar-refractivity contribution in [3.63, 3.8) is 0 Å². The van der Waals surface area contributed by atoms with Gasteiger partial charge in [0.05, 0.1) is 15.6 Å². The lowest BCUT2D eigenvalue weighted by molar-refractivity contribution is 1.10. The van der Waals surface area contributed by atoms with Crippen LogP contribution in [-0.4, -0.2) is 16.2 Å². The first-order chi connectivity index (χ1) is 7.17. The van der Waals surface area contributed by atoms with Gasteiger partial charge in [0.1, 0.15) is 22.0 Å². The molecule has 0 aliphatic carbocycles. The minimum absolute atomic E-state index is 0.657. The van der Waals surface area contributed by atoms with Gasteiger partial charge in [0.25, 0.3) is 0 Å². The monoisotopic (exact) mass is 235 g/mol. The van der Waals surface area contributed by atoms with Crippen LogP contribution in [0.1, 0.15) is 16.3 Å². The predicted octanol–water partition coefficient (Wildman–Crippen LogP) is 2.90. The predicted molar refractivity (Wildman–Crippen MR) is 63.4 cm³/mol. The lowest BCUT2D eigenvalue weighted by atomic mass is 10.3. The lowest BCUT2D eigenvalue weighted by Gasteiger charge is -1.98. The van der Waals surface area contributed by atoms with Crippen molar-refractivity contribution in [2.45, 2.75) is 18.1 Å². The van der Waals surface area contributed by atoms with Gasteiger partial charge in [-0.25, -0.2) is 9.97 Å². The fraction of sp³-hybridized carbons (Fsp3) is 0.300. The molecular weight excluding hydrogens is 226 g/mol. The van der Waals surface area contributed by atoms with Crippen molar-refractivity contribution in [3.8, 4) is 6.07 Å². The Morgan fingerprint density at radius 3 is 2.33 bits per heavy atom. The standard InChI is InChI=1S/C10H9N3S2/c1-5-6(2)13-9-8(12-5)7(4-11)15-10(9)14-3/h1-3H3. The molecule has 0 atom stereocenters. The van der Waals surface area contributed by atoms with Gasteiger partial charge in [-0.05, 0) is 20.1 Å². The Balaban J connectivity index is 2.87. The van der Waals surface area contributed by atoms with Gasteiger partial charge in [-0.3, -0.25) is 0 Å². The van der Waals surface area contributed by atoms with E-state index in [-0.39, 0.29) is 0 Å². The van der Waals surface area contributed by atoms with E-state index in [1.54, 1.807) is 11.8 Å². The molecule has 2 heterocycles. The van der Waals surface area contributed by atoms with Crippen molar-refractivity contribution in [2.75, 3.05) is 6.26 Å². The summed E-state index contributed by atoms with van der Waals surface area (Å²) in [4.78, 5) is 9.57. The summed E-state index contributed by atoms with van der Waals surface area (Å²) in [7, 11) is 0. The number of hydrogen-bond donors (Lipinski definition) is 0. The molecule has 0 fully saturated rings. The third-order valence-electron chi connectivity index (χ3n) is 2.20. The molecule has 3 nitrogen and oxygen atoms in total. The largest absolute Gasteiger partial charge is 0.247 e. The molecule has 0 spiro atoms. The second kappa shape index (κ2) is 3.80. The summed E-state index contributed by atoms with van der Waals surface area (Å²) in [6.07, 6.45) is 1.99. The quantitative estimate of drug-likeness (QED) is 0.713. The molecule has 5 heteroatoms. The maximum absolute atomic E-state index is 8.99. The van der Waals surface area contributed by atoms with E-state index in [1.807, 2.05) is 20.1 Å². The highest BCUT2D eigenvalue weighted by atomic mass is 32.2. The fourth-order valence-corrected chi connectivity index (χ4v) is 2.94. The number of aryl methyl sites for hydroxylation is 2. The zero-order valence-corrected chi connectivity index (χ0v) is 10.3. The number of thiophene rings is 1. The molecule has 0 saturated carbocycles. The minimum Gasteiger partial charge on any atom is -0.247 e. The minimum atomic E-state index is 0.657. The number of rotatable bonds is 1. The SMILES string of the molecule is CSc1sc(C#N)c2nc(C)c(C)nc12. The molecule has 0 amide bonds. The first-order valence-corrected chi connectivity index (χ1v) is 6.43. The fourth-order valence-electron chi connectivity index (χ4n) is 1.31. The van der Waals surface area contributed by atoms with Gasteiger partial charge in [0.2, 0.25) is 0 Å². The van der Waals surface area contributed by atoms with Gasteiger partial charge in [-0.15, -0.1) is 23.1 Å². The van der Waals surface area contributed by atoms with E-state index in [9.17, 15) is 0 Å². The average molecular weight is 235 g/mol. The maximum Gasteiger partial charge on any atom is 0.133 e. The van der Waals surface area contributed by atoms with E-state index in [4.69, 9.17) is 5.26 Å². The normalized spacial score (nSPS) is 10.5. The van der Waals surface area contributed by atoms with Crippen molar-refractivity contribution in [1.82, 2.24) is 9.97 Å². The lowest BCUT2D eigenvalue weighted by Crippen LogP contribution is -1.92. The Morgan fingerprint density at radius 2 is 1.80 bits per heavy atom. The van der Waals surface area contributed by atoms with Crippen LogP contribution in [0.4, 0.5) is 0 Å². The summed E-state index contributed by atoms with van der Waals surface area (Å²) in [5, 5.41) is 8.99. The Hall–Kier alpha value is -1.12. The van der Waals surface area contributed by atoms with Crippen LogP contribution in [0.3, 0.4) is 0 Å². The zero-order valence-electron chi connectivity index (χ0n) is 8.66. The number of aromatic nitrogens is 2. The van der Waals surface area contributed by atoms with Crippen LogP contribution in [0.15, 0.2) is 4.21 Å². The Morgan fingerprint density at radius 1 is 1.20 bits per heavy atom. The van der Waals surface area contributed by atoms with Crippen molar-refractivity contribution in [1.29, 1.82) is 5.26 Å². The number of nitriles is 1. The van der Waals surface area contributed by atoms with Crippen LogP contribution in [0.25, 0.3) is 11.0 Å². The van der Waals surface area contributed by atoms with E-state index >= 15 is 0 Å². The second-order valence-corrected chi connectivity index (χ2v) is 5.22. The first-order valence-electron chi connectivity index (χ1n) is 4.39. The van der Waals surface area contributed by atoms with Gasteiger partial charge in [0, 0.05) is 0 Å². The highest BCUT2D eigenvalue weighted by Crippen LogP contribution is 2.34. The topological polar surface area (TPSA) is 49.6 Å². The van der Waals surface area contributed by atoms with E-state index in [0.29, 0.717) is 4.88 Å². The van der Waals surface area contributed by atoms with Crippen LogP contribution < -0.4 is 0 Å². The van der Waals surface area contributed by atoms with E-state index in [2.05, 4.69) is 16.0 Å². The molecule has 0 bridgehead atoms. The molecule has 0 aromatic carbocycles. The first kappa shape index (κ1) is 10.4. The summed E-state index contributed by atoms with van der Waals surface area (Å²) < 4.78 is 1.07. The van der Waals surface area contributed by atoms with E-state index in [0.717, 1.165) is 26.6 Å². The van der Waals surface area contributed by atoms with Crippen molar-refractivity contribution < 1.29 is 0 Å². The van der Waals surface area contributed by atoms with Crippen LogP contribution in [-0.2, 0) is 0 Å². The molecule has 2 aromatic heterocycles.